The molecule has 2 aromatic rings. The van der Waals surface area contributed by atoms with Crippen molar-refractivity contribution in [2.75, 3.05) is 19.8 Å². The Morgan fingerprint density at radius 3 is 2.64 bits per heavy atom. The quantitative estimate of drug-likeness (QED) is 0.822. The topological polar surface area (TPSA) is 92.2 Å². The van der Waals surface area contributed by atoms with Gasteiger partial charge in [0.2, 0.25) is 5.82 Å². The Labute approximate surface area is 139 Å². The Morgan fingerprint density at radius 1 is 1.32 bits per heavy atom. The van der Waals surface area contributed by atoms with Crippen LogP contribution in [0, 0.1) is 11.3 Å². The largest absolute Gasteiger partial charge is 0.471 e. The van der Waals surface area contributed by atoms with Gasteiger partial charge >= 0.3 is 12.1 Å². The van der Waals surface area contributed by atoms with Crippen LogP contribution in [0.1, 0.15) is 16.2 Å². The van der Waals surface area contributed by atoms with Crippen molar-refractivity contribution in [3.8, 4) is 17.5 Å². The third-order valence-electron chi connectivity index (χ3n) is 3.60. The lowest BCUT2D eigenvalue weighted by molar-refractivity contribution is -0.159. The number of ether oxygens (including phenoxy) is 1. The van der Waals surface area contributed by atoms with Gasteiger partial charge in [0.05, 0.1) is 19.3 Å². The minimum Gasteiger partial charge on any atom is -0.376 e. The maximum atomic E-state index is 12.5. The number of hydrogen-bond acceptors (Lipinski definition) is 6. The van der Waals surface area contributed by atoms with Gasteiger partial charge in [-0.3, -0.25) is 4.79 Å². The monoisotopic (exact) mass is 352 g/mol. The van der Waals surface area contributed by atoms with E-state index in [0.717, 1.165) is 0 Å². The van der Waals surface area contributed by atoms with E-state index in [9.17, 15) is 18.0 Å². The molecule has 2 heterocycles. The van der Waals surface area contributed by atoms with Crippen molar-refractivity contribution >= 4 is 5.91 Å². The first-order valence-corrected chi connectivity index (χ1v) is 7.20. The van der Waals surface area contributed by atoms with Crippen molar-refractivity contribution in [2.24, 2.45) is 0 Å². The Hall–Kier alpha value is -2.93. The Kier molecular flexibility index (Phi) is 4.41. The zero-order valence-electron chi connectivity index (χ0n) is 12.7. The van der Waals surface area contributed by atoms with Crippen molar-refractivity contribution in [3.05, 3.63) is 35.7 Å². The molecule has 0 bridgehead atoms. The molecule has 0 radical (unpaired) electrons. The summed E-state index contributed by atoms with van der Waals surface area (Å²) in [7, 11) is 0. The molecule has 1 aromatic heterocycles. The lowest BCUT2D eigenvalue weighted by atomic mass is 10.1. The number of benzene rings is 1. The summed E-state index contributed by atoms with van der Waals surface area (Å²) in [4.78, 5) is 17.2. The van der Waals surface area contributed by atoms with Crippen LogP contribution in [-0.2, 0) is 10.9 Å². The molecule has 0 N–H and O–H groups in total. The van der Waals surface area contributed by atoms with E-state index in [4.69, 9.17) is 10.00 Å². The second-order valence-corrected chi connectivity index (χ2v) is 5.22. The molecule has 0 unspecified atom stereocenters. The lowest BCUT2D eigenvalue weighted by Crippen LogP contribution is -2.47. The van der Waals surface area contributed by atoms with Crippen LogP contribution in [0.15, 0.2) is 28.8 Å². The second-order valence-electron chi connectivity index (χ2n) is 5.22. The number of rotatable bonds is 2. The van der Waals surface area contributed by atoms with Gasteiger partial charge in [-0.1, -0.05) is 17.3 Å². The fourth-order valence-electron chi connectivity index (χ4n) is 2.34. The fraction of sp³-hybridized carbons (Fsp3) is 0.333. The maximum Gasteiger partial charge on any atom is 0.471 e. The number of carbonyl (C=O) groups is 1. The van der Waals surface area contributed by atoms with Crippen molar-refractivity contribution in [2.45, 2.75) is 12.2 Å². The first-order chi connectivity index (χ1) is 11.9. The summed E-state index contributed by atoms with van der Waals surface area (Å²) in [5.74, 6) is -2.02. The molecule has 0 aliphatic carbocycles. The van der Waals surface area contributed by atoms with Crippen LogP contribution >= 0.6 is 0 Å². The number of alkyl halides is 3. The van der Waals surface area contributed by atoms with E-state index in [1.165, 1.54) is 29.2 Å². The van der Waals surface area contributed by atoms with Crippen molar-refractivity contribution in [1.29, 1.82) is 5.26 Å². The summed E-state index contributed by atoms with van der Waals surface area (Å²) in [6, 6.07) is 7.03. The minimum absolute atomic E-state index is 0.142. The summed E-state index contributed by atoms with van der Waals surface area (Å²) < 4.78 is 46.8. The third kappa shape index (κ3) is 3.46. The average molecular weight is 352 g/mol. The number of nitrogens with zero attached hydrogens (tertiary/aromatic N) is 4. The van der Waals surface area contributed by atoms with Crippen LogP contribution in [0.2, 0.25) is 0 Å². The molecule has 1 atom stereocenters. The summed E-state index contributed by atoms with van der Waals surface area (Å²) in [6.07, 6.45) is -4.72. The number of morpholine rings is 1. The highest BCUT2D eigenvalue weighted by Crippen LogP contribution is 2.29. The number of halogens is 3. The normalized spacial score (nSPS) is 18.0. The molecule has 0 spiro atoms. The van der Waals surface area contributed by atoms with Gasteiger partial charge in [-0.25, -0.2) is 0 Å². The number of nitriles is 1. The Bertz CT molecular complexity index is 811. The van der Waals surface area contributed by atoms with Crippen molar-refractivity contribution in [1.82, 2.24) is 15.0 Å². The van der Waals surface area contributed by atoms with E-state index in [2.05, 4.69) is 14.7 Å². The Morgan fingerprint density at radius 2 is 2.04 bits per heavy atom. The van der Waals surface area contributed by atoms with Crippen molar-refractivity contribution in [3.63, 3.8) is 0 Å². The summed E-state index contributed by atoms with van der Waals surface area (Å²) in [5.41, 5.74) is 0.569. The summed E-state index contributed by atoms with van der Waals surface area (Å²) in [5, 5.41) is 12.4. The molecule has 10 heteroatoms. The van der Waals surface area contributed by atoms with E-state index >= 15 is 0 Å². The molecule has 1 aromatic carbocycles. The molecular formula is C15H11F3N4O3. The number of aromatic nitrogens is 2. The molecular weight excluding hydrogens is 341 g/mol. The number of hydrogen-bond donors (Lipinski definition) is 0. The molecule has 1 aliphatic rings. The summed E-state index contributed by atoms with van der Waals surface area (Å²) in [6.45, 7) is 0.771. The average Bonchev–Trinajstić information content (AvgIpc) is 3.12. The molecule has 1 saturated heterocycles. The second kappa shape index (κ2) is 6.52. The first kappa shape index (κ1) is 16.9. The molecule has 0 saturated carbocycles. The maximum absolute atomic E-state index is 12.5. The SMILES string of the molecule is N#C[C@@H]1COCCN1C(=O)c1ccc(-c2noc(C(F)(F)F)n2)cc1. The van der Waals surface area contributed by atoms with E-state index in [1.807, 2.05) is 6.07 Å². The molecule has 1 fully saturated rings. The van der Waals surface area contributed by atoms with Gasteiger partial charge in [0.15, 0.2) is 0 Å². The van der Waals surface area contributed by atoms with Gasteiger partial charge < -0.3 is 14.2 Å². The number of carbonyl (C=O) groups excluding carboxylic acids is 1. The molecule has 1 amide bonds. The first-order valence-electron chi connectivity index (χ1n) is 7.20. The predicted octanol–water partition coefficient (Wildman–Crippen LogP) is 2.12. The highest BCUT2D eigenvalue weighted by atomic mass is 19.4. The van der Waals surface area contributed by atoms with Crippen LogP contribution in [-0.4, -0.2) is 46.7 Å². The van der Waals surface area contributed by atoms with Gasteiger partial charge in [-0.2, -0.15) is 23.4 Å². The minimum atomic E-state index is -4.72. The van der Waals surface area contributed by atoms with Crippen LogP contribution in [0.5, 0.6) is 0 Å². The standard InChI is InChI=1S/C15H11F3N4O3/c16-15(17,18)14-20-12(21-25-14)9-1-3-10(4-2-9)13(23)22-5-6-24-8-11(22)7-19/h1-4,11H,5-6,8H2/t11-/m1/s1. The van der Waals surface area contributed by atoms with Crippen LogP contribution in [0.25, 0.3) is 11.4 Å². The van der Waals surface area contributed by atoms with E-state index in [0.29, 0.717) is 18.7 Å². The molecule has 7 nitrogen and oxygen atoms in total. The smallest absolute Gasteiger partial charge is 0.376 e. The predicted molar refractivity (Wildman–Crippen MR) is 76.0 cm³/mol. The number of amides is 1. The fourth-order valence-corrected chi connectivity index (χ4v) is 2.34. The Balaban J connectivity index is 1.79. The van der Waals surface area contributed by atoms with E-state index in [1.54, 1.807) is 0 Å². The van der Waals surface area contributed by atoms with Crippen molar-refractivity contribution < 1.29 is 27.2 Å². The third-order valence-corrected chi connectivity index (χ3v) is 3.60. The van der Waals surface area contributed by atoms with Crippen LogP contribution in [0.4, 0.5) is 13.2 Å². The molecule has 3 rings (SSSR count). The zero-order chi connectivity index (χ0) is 18.0. The van der Waals surface area contributed by atoms with Gasteiger partial charge in [-0.05, 0) is 12.1 Å². The van der Waals surface area contributed by atoms with E-state index < -0.39 is 18.1 Å². The molecule has 130 valence electrons. The van der Waals surface area contributed by atoms with Gasteiger partial charge in [0.25, 0.3) is 5.91 Å². The van der Waals surface area contributed by atoms with E-state index in [-0.39, 0.29) is 23.9 Å². The molecule has 25 heavy (non-hydrogen) atoms. The summed E-state index contributed by atoms with van der Waals surface area (Å²) >= 11 is 0. The molecule has 1 aliphatic heterocycles. The van der Waals surface area contributed by atoms with Gasteiger partial charge in [0.1, 0.15) is 6.04 Å². The van der Waals surface area contributed by atoms with Crippen LogP contribution in [0.3, 0.4) is 0 Å². The van der Waals surface area contributed by atoms with Crippen LogP contribution < -0.4 is 0 Å². The highest BCUT2D eigenvalue weighted by Gasteiger charge is 2.38. The highest BCUT2D eigenvalue weighted by molar-refractivity contribution is 5.95. The van der Waals surface area contributed by atoms with Gasteiger partial charge in [-0.15, -0.1) is 0 Å². The van der Waals surface area contributed by atoms with Gasteiger partial charge in [0, 0.05) is 17.7 Å². The zero-order valence-corrected chi connectivity index (χ0v) is 12.7. The lowest BCUT2D eigenvalue weighted by Gasteiger charge is -2.31.